The molecule has 122 valence electrons. The molecule has 0 aromatic carbocycles. The summed E-state index contributed by atoms with van der Waals surface area (Å²) in [4.78, 5) is 0. The summed E-state index contributed by atoms with van der Waals surface area (Å²) in [6.45, 7) is 0. The van der Waals surface area contributed by atoms with Gasteiger partial charge in [0.15, 0.2) is 17.4 Å². The molecule has 0 radical (unpaired) electrons. The average molecular weight is 345 g/mol. The first-order chi connectivity index (χ1) is 0. The van der Waals surface area contributed by atoms with Crippen molar-refractivity contribution in [1.82, 2.24) is 0 Å². The van der Waals surface area contributed by atoms with Crippen LogP contribution in [0.15, 0.2) is 0 Å². The molecule has 0 aliphatic rings. The Morgan fingerprint density at radius 2 is 0.312 bits per heavy atom. The van der Waals surface area contributed by atoms with Gasteiger partial charge in [-0.1, -0.05) is 0 Å². The van der Waals surface area contributed by atoms with Gasteiger partial charge in [0.05, 0.1) is 0 Å². The molecular formula is H31AlCl2MgO12. The minimum Gasteiger partial charge on any atom is -1.00 e. The Kier molecular flexibility index (Phi) is 297000. The van der Waals surface area contributed by atoms with Crippen molar-refractivity contribution < 1.29 is 68.6 Å². The van der Waals surface area contributed by atoms with E-state index in [0.29, 0.717) is 0 Å². The third-order valence-electron chi connectivity index (χ3n) is 0. The molecule has 0 aliphatic carbocycles. The van der Waals surface area contributed by atoms with E-state index in [1.54, 1.807) is 0 Å². The summed E-state index contributed by atoms with van der Waals surface area (Å²) in [5.74, 6) is 0. The van der Waals surface area contributed by atoms with E-state index in [1.165, 1.54) is 0 Å². The second-order valence-electron chi connectivity index (χ2n) is 0. The number of rotatable bonds is 0. The quantitative estimate of drug-likeness (QED) is 0.368. The summed E-state index contributed by atoms with van der Waals surface area (Å²) in [7, 11) is 0. The van der Waals surface area contributed by atoms with Crippen LogP contribution in [0.1, 0.15) is 2.85 Å². The minimum atomic E-state index is 0. The van der Waals surface area contributed by atoms with Gasteiger partial charge in [0.25, 0.3) is 0 Å². The molecule has 16 heavy (non-hydrogen) atoms. The molecule has 16 heteroatoms. The van der Waals surface area contributed by atoms with Crippen molar-refractivity contribution >= 4 is 65.2 Å². The molecule has 24 N–H and O–H groups in total. The molecule has 0 unspecified atom stereocenters. The Morgan fingerprint density at radius 1 is 0.312 bits per heavy atom. The maximum absolute atomic E-state index is 0. The Labute approximate surface area is 134 Å². The smallest absolute Gasteiger partial charge is 1.00 e. The Hall–Kier alpha value is 1.40. The number of halogens is 2. The van der Waals surface area contributed by atoms with Crippen LogP contribution in [0, 0.1) is 0 Å². The maximum atomic E-state index is 0. The maximum Gasteiger partial charge on any atom is 2.00 e. The van der Waals surface area contributed by atoms with Gasteiger partial charge in [0.1, 0.15) is 0 Å². The summed E-state index contributed by atoms with van der Waals surface area (Å²) in [5.41, 5.74) is 0. The van der Waals surface area contributed by atoms with E-state index < -0.39 is 0 Å². The van der Waals surface area contributed by atoms with Crippen molar-refractivity contribution in [2.45, 2.75) is 0 Å². The normalized spacial score (nSPS) is 0. The fourth-order valence-corrected chi connectivity index (χ4v) is 0. The summed E-state index contributed by atoms with van der Waals surface area (Å²) in [6.07, 6.45) is 0. The molecule has 0 saturated carbocycles. The van der Waals surface area contributed by atoms with Crippen LogP contribution in [0.25, 0.3) is 0 Å². The van der Waals surface area contributed by atoms with Crippen molar-refractivity contribution in [3.63, 3.8) is 0 Å². The summed E-state index contributed by atoms with van der Waals surface area (Å²) in [5, 5.41) is 0. The summed E-state index contributed by atoms with van der Waals surface area (Å²) < 4.78 is 0. The van der Waals surface area contributed by atoms with Gasteiger partial charge in [-0.05, 0) is 0 Å². The SMILES string of the molecule is Cl.Cl.O.O.O.O.O.O.O.O.O.O.O.O.[AlH3].[H-].[H-].[Mg+2]. The molecular weight excluding hydrogens is 314 g/mol. The molecule has 0 saturated heterocycles. The third kappa shape index (κ3) is 1630. The monoisotopic (exact) mass is 344 g/mol. The van der Waals surface area contributed by atoms with Crippen molar-refractivity contribution in [2.24, 2.45) is 0 Å². The average Bonchev–Trinajstić information content (AvgIpc) is 0. The first-order valence-corrected chi connectivity index (χ1v) is 0. The zero-order valence-corrected chi connectivity index (χ0v) is 10.6. The van der Waals surface area contributed by atoms with E-state index in [2.05, 4.69) is 0 Å². The van der Waals surface area contributed by atoms with Crippen molar-refractivity contribution in [3.8, 4) is 0 Å². The molecule has 0 fully saturated rings. The van der Waals surface area contributed by atoms with E-state index >= 15 is 0 Å². The van der Waals surface area contributed by atoms with Gasteiger partial charge in [-0.25, -0.2) is 0 Å². The van der Waals surface area contributed by atoms with E-state index in [1.807, 2.05) is 0 Å². The molecule has 12 nitrogen and oxygen atoms in total. The predicted molar refractivity (Wildman–Crippen MR) is 75.8 cm³/mol. The molecule has 0 rings (SSSR count). The molecule has 0 aromatic rings. The number of hydrogen-bond donors (Lipinski definition) is 0. The van der Waals surface area contributed by atoms with Crippen LogP contribution >= 0.6 is 24.8 Å². The van der Waals surface area contributed by atoms with Crippen LogP contribution in [0.5, 0.6) is 0 Å². The zero-order chi connectivity index (χ0) is 0. The number of hydrogen-bond acceptors (Lipinski definition) is 0. The van der Waals surface area contributed by atoms with Crippen molar-refractivity contribution in [2.75, 3.05) is 0 Å². The van der Waals surface area contributed by atoms with Gasteiger partial charge in [-0.2, -0.15) is 0 Å². The Balaban J connectivity index is 0. The molecule has 0 heterocycles. The Bertz CT molecular complexity index is 28.0. The van der Waals surface area contributed by atoms with Gasteiger partial charge >= 0.3 is 23.1 Å². The fourth-order valence-electron chi connectivity index (χ4n) is 0. The van der Waals surface area contributed by atoms with Gasteiger partial charge in [-0.3, -0.25) is 0 Å². The van der Waals surface area contributed by atoms with E-state index in [-0.39, 0.29) is 134 Å². The van der Waals surface area contributed by atoms with Gasteiger partial charge in [0.2, 0.25) is 0 Å². The van der Waals surface area contributed by atoms with Crippen LogP contribution < -0.4 is 0 Å². The topological polar surface area (TPSA) is 378 Å². The zero-order valence-electron chi connectivity index (χ0n) is 9.52. The molecule has 0 amide bonds. The summed E-state index contributed by atoms with van der Waals surface area (Å²) in [6, 6.07) is 0. The van der Waals surface area contributed by atoms with Crippen LogP contribution in [0.4, 0.5) is 0 Å². The summed E-state index contributed by atoms with van der Waals surface area (Å²) >= 11 is 0. The molecule has 0 atom stereocenters. The molecule has 0 aromatic heterocycles. The second-order valence-corrected chi connectivity index (χ2v) is 0. The van der Waals surface area contributed by atoms with E-state index in [9.17, 15) is 0 Å². The molecule has 0 aliphatic heterocycles. The van der Waals surface area contributed by atoms with E-state index in [4.69, 9.17) is 0 Å². The standard InChI is InChI=1S/Al.2ClH.Mg.12H2O.5H/h;2*1H;;12*1H2;;;;;/q;;;+2;;;;;;;;;;;;;;;;2*-1. The van der Waals surface area contributed by atoms with Crippen molar-refractivity contribution in [3.05, 3.63) is 0 Å². The molecule has 0 spiro atoms. The third-order valence-corrected chi connectivity index (χ3v) is 0. The van der Waals surface area contributed by atoms with Crippen LogP contribution in [-0.2, 0) is 0 Å². The van der Waals surface area contributed by atoms with Crippen LogP contribution in [0.3, 0.4) is 0 Å². The van der Waals surface area contributed by atoms with Crippen molar-refractivity contribution in [1.29, 1.82) is 0 Å². The van der Waals surface area contributed by atoms with E-state index in [0.717, 1.165) is 0 Å². The van der Waals surface area contributed by atoms with Crippen LogP contribution in [-0.4, -0.2) is 106 Å². The predicted octanol–water partition coefficient (Wildman–Crippen LogP) is -10.4. The first kappa shape index (κ1) is 2390. The van der Waals surface area contributed by atoms with Crippen LogP contribution in [0.2, 0.25) is 0 Å². The second kappa shape index (κ2) is 1990. The van der Waals surface area contributed by atoms with Gasteiger partial charge in [-0.15, -0.1) is 24.8 Å². The van der Waals surface area contributed by atoms with Gasteiger partial charge < -0.3 is 68.6 Å². The Morgan fingerprint density at radius 3 is 0.312 bits per heavy atom. The minimum absolute atomic E-state index is 0. The fraction of sp³-hybridized carbons (Fsp3) is 0. The first-order valence-electron chi connectivity index (χ1n) is 0. The molecule has 0 bridgehead atoms. The largest absolute Gasteiger partial charge is 2.00 e. The van der Waals surface area contributed by atoms with Gasteiger partial charge in [0, 0.05) is 0 Å².